The molecule has 1 aliphatic heterocycles. The summed E-state index contributed by atoms with van der Waals surface area (Å²) in [6, 6.07) is 9.29. The van der Waals surface area contributed by atoms with E-state index in [1.54, 1.807) is 16.8 Å². The molecule has 0 spiro atoms. The van der Waals surface area contributed by atoms with Crippen molar-refractivity contribution in [3.63, 3.8) is 0 Å². The monoisotopic (exact) mass is 456 g/mol. The summed E-state index contributed by atoms with van der Waals surface area (Å²) in [5, 5.41) is 9.93. The highest BCUT2D eigenvalue weighted by molar-refractivity contribution is 7.98. The van der Waals surface area contributed by atoms with Crippen LogP contribution in [-0.4, -0.2) is 48.9 Å². The van der Waals surface area contributed by atoms with Crippen molar-refractivity contribution in [1.82, 2.24) is 29.9 Å². The lowest BCUT2D eigenvalue weighted by Crippen LogP contribution is -2.39. The Bertz CT molecular complexity index is 1060. The van der Waals surface area contributed by atoms with Crippen LogP contribution < -0.4 is 0 Å². The van der Waals surface area contributed by atoms with Gasteiger partial charge in [0.25, 0.3) is 5.91 Å². The van der Waals surface area contributed by atoms with E-state index >= 15 is 0 Å². The Kier molecular flexibility index (Phi) is 6.57. The number of carbonyl (C=O) groups is 1. The molecule has 1 amide bonds. The van der Waals surface area contributed by atoms with Crippen molar-refractivity contribution in [1.29, 1.82) is 0 Å². The minimum Gasteiger partial charge on any atom is -0.337 e. The molecule has 1 fully saturated rings. The fraction of sp³-hybridized carbons (Fsp3) is 0.409. The molecule has 1 unspecified atom stereocenters. The molecule has 162 valence electrons. The molecule has 1 saturated heterocycles. The third kappa shape index (κ3) is 5.07. The van der Waals surface area contributed by atoms with Gasteiger partial charge in [-0.2, -0.15) is 0 Å². The van der Waals surface area contributed by atoms with Crippen LogP contribution in [0.25, 0.3) is 5.69 Å². The second kappa shape index (κ2) is 9.36. The van der Waals surface area contributed by atoms with Gasteiger partial charge < -0.3 is 4.90 Å². The molecule has 0 N–H and O–H groups in total. The van der Waals surface area contributed by atoms with Crippen LogP contribution in [0.3, 0.4) is 0 Å². The predicted molar refractivity (Wildman–Crippen MR) is 122 cm³/mol. The van der Waals surface area contributed by atoms with Crippen LogP contribution >= 0.6 is 23.4 Å². The van der Waals surface area contributed by atoms with Gasteiger partial charge in [-0.3, -0.25) is 4.79 Å². The number of halogens is 1. The van der Waals surface area contributed by atoms with Crippen LogP contribution in [0.1, 0.15) is 47.3 Å². The lowest BCUT2D eigenvalue weighted by Gasteiger charge is -2.30. The van der Waals surface area contributed by atoms with E-state index in [-0.39, 0.29) is 5.91 Å². The molecular formula is C22H25ClN6OS. The average molecular weight is 457 g/mol. The van der Waals surface area contributed by atoms with E-state index in [2.05, 4.69) is 27.2 Å². The number of amides is 1. The van der Waals surface area contributed by atoms with Crippen LogP contribution in [0.2, 0.25) is 5.02 Å². The summed E-state index contributed by atoms with van der Waals surface area (Å²) < 4.78 is 1.71. The number of aromatic nitrogens is 5. The lowest BCUT2D eigenvalue weighted by atomic mass is 10.00. The zero-order valence-electron chi connectivity index (χ0n) is 17.9. The van der Waals surface area contributed by atoms with Gasteiger partial charge in [-0.1, -0.05) is 35.5 Å². The number of piperidine rings is 1. The van der Waals surface area contributed by atoms with Gasteiger partial charge in [0.2, 0.25) is 0 Å². The smallest absolute Gasteiger partial charge is 0.276 e. The van der Waals surface area contributed by atoms with Gasteiger partial charge in [-0.05, 0) is 62.9 Å². The molecule has 0 radical (unpaired) electrons. The number of hydrogen-bond donors (Lipinski definition) is 0. The van der Waals surface area contributed by atoms with Gasteiger partial charge in [-0.25, -0.2) is 14.6 Å². The predicted octanol–water partition coefficient (Wildman–Crippen LogP) is 4.49. The number of rotatable bonds is 5. The van der Waals surface area contributed by atoms with E-state index in [4.69, 9.17) is 11.6 Å². The molecule has 0 aliphatic carbocycles. The quantitative estimate of drug-likeness (QED) is 0.415. The number of nitrogens with zero attached hydrogens (tertiary/aromatic N) is 6. The first-order valence-corrected chi connectivity index (χ1v) is 11.7. The van der Waals surface area contributed by atoms with Crippen LogP contribution in [0.15, 0.2) is 35.5 Å². The maximum absolute atomic E-state index is 13.3. The van der Waals surface area contributed by atoms with Crippen molar-refractivity contribution in [3.05, 3.63) is 58.1 Å². The number of carbonyl (C=O) groups excluding carboxylic acids is 1. The van der Waals surface area contributed by atoms with Crippen LogP contribution in [0.5, 0.6) is 0 Å². The largest absolute Gasteiger partial charge is 0.337 e. The molecule has 1 aromatic carbocycles. The first-order chi connectivity index (χ1) is 14.9. The zero-order valence-corrected chi connectivity index (χ0v) is 19.4. The van der Waals surface area contributed by atoms with E-state index in [9.17, 15) is 4.79 Å². The molecule has 7 nitrogen and oxygen atoms in total. The Morgan fingerprint density at radius 1 is 1.19 bits per heavy atom. The molecule has 9 heteroatoms. The lowest BCUT2D eigenvalue weighted by molar-refractivity contribution is 0.0676. The van der Waals surface area contributed by atoms with Crippen molar-refractivity contribution in [2.75, 3.05) is 13.1 Å². The standard InChI is InChI=1S/C22H25ClN6OS/c1-14-5-4-10-28(12-14)21(30)20-19(13-31-22-24-15(2)11-16(3)25-22)29(27-26-20)18-8-6-17(23)7-9-18/h6-9,11,14H,4-5,10,12-13H2,1-3H3. The van der Waals surface area contributed by atoms with E-state index in [0.717, 1.165) is 48.7 Å². The van der Waals surface area contributed by atoms with E-state index in [0.29, 0.717) is 27.5 Å². The van der Waals surface area contributed by atoms with Crippen molar-refractivity contribution in [3.8, 4) is 5.69 Å². The van der Waals surface area contributed by atoms with Crippen LogP contribution in [0, 0.1) is 19.8 Å². The molecule has 0 saturated carbocycles. The number of hydrogen-bond acceptors (Lipinski definition) is 6. The van der Waals surface area contributed by atoms with Gasteiger partial charge in [0.1, 0.15) is 0 Å². The molecule has 3 aromatic rings. The second-order valence-electron chi connectivity index (χ2n) is 7.99. The van der Waals surface area contributed by atoms with Gasteiger partial charge in [0.05, 0.1) is 11.4 Å². The fourth-order valence-electron chi connectivity index (χ4n) is 3.80. The highest BCUT2D eigenvalue weighted by Crippen LogP contribution is 2.26. The maximum Gasteiger partial charge on any atom is 0.276 e. The molecule has 1 atom stereocenters. The first-order valence-electron chi connectivity index (χ1n) is 10.4. The van der Waals surface area contributed by atoms with Gasteiger partial charge in [0.15, 0.2) is 10.9 Å². The highest BCUT2D eigenvalue weighted by atomic mass is 35.5. The first kappa shape index (κ1) is 21.8. The zero-order chi connectivity index (χ0) is 22.0. The van der Waals surface area contributed by atoms with Gasteiger partial charge in [-0.15, -0.1) is 5.10 Å². The Morgan fingerprint density at radius 2 is 1.90 bits per heavy atom. The highest BCUT2D eigenvalue weighted by Gasteiger charge is 2.28. The van der Waals surface area contributed by atoms with Crippen LogP contribution in [-0.2, 0) is 5.75 Å². The van der Waals surface area contributed by atoms with Crippen molar-refractivity contribution in [2.24, 2.45) is 5.92 Å². The van der Waals surface area contributed by atoms with Crippen molar-refractivity contribution >= 4 is 29.3 Å². The minimum atomic E-state index is -0.0660. The summed E-state index contributed by atoms with van der Waals surface area (Å²) in [4.78, 5) is 24.2. The molecule has 31 heavy (non-hydrogen) atoms. The van der Waals surface area contributed by atoms with Gasteiger partial charge >= 0.3 is 0 Å². The SMILES string of the molecule is Cc1cc(C)nc(SCc2c(C(=O)N3CCCC(C)C3)nnn2-c2ccc(Cl)cc2)n1. The van der Waals surface area contributed by atoms with Crippen molar-refractivity contribution in [2.45, 2.75) is 44.5 Å². The summed E-state index contributed by atoms with van der Waals surface area (Å²) in [7, 11) is 0. The Labute approximate surface area is 191 Å². The minimum absolute atomic E-state index is 0.0660. The Morgan fingerprint density at radius 3 is 2.58 bits per heavy atom. The Hall–Kier alpha value is -2.45. The summed E-state index contributed by atoms with van der Waals surface area (Å²) in [6.07, 6.45) is 2.16. The second-order valence-corrected chi connectivity index (χ2v) is 9.37. The number of likely N-dealkylation sites (tertiary alicyclic amines) is 1. The normalized spacial score (nSPS) is 16.5. The fourth-order valence-corrected chi connectivity index (χ4v) is 4.87. The average Bonchev–Trinajstić information content (AvgIpc) is 3.15. The van der Waals surface area contributed by atoms with E-state index in [1.807, 2.05) is 36.9 Å². The topological polar surface area (TPSA) is 76.8 Å². The molecule has 4 rings (SSSR count). The number of aryl methyl sites for hydroxylation is 2. The van der Waals surface area contributed by atoms with Gasteiger partial charge in [0, 0.05) is 35.3 Å². The van der Waals surface area contributed by atoms with E-state index < -0.39 is 0 Å². The molecule has 0 bridgehead atoms. The third-order valence-corrected chi connectivity index (χ3v) is 6.39. The maximum atomic E-state index is 13.3. The van der Waals surface area contributed by atoms with Crippen LogP contribution in [0.4, 0.5) is 0 Å². The summed E-state index contributed by atoms with van der Waals surface area (Å²) >= 11 is 7.53. The van der Waals surface area contributed by atoms with E-state index in [1.165, 1.54) is 11.8 Å². The number of benzene rings is 1. The number of thioether (sulfide) groups is 1. The molecule has 1 aliphatic rings. The van der Waals surface area contributed by atoms with Crippen molar-refractivity contribution < 1.29 is 4.79 Å². The summed E-state index contributed by atoms with van der Waals surface area (Å²) in [5.41, 5.74) is 3.76. The summed E-state index contributed by atoms with van der Waals surface area (Å²) in [6.45, 7) is 7.58. The molecular weight excluding hydrogens is 432 g/mol. The Balaban J connectivity index is 1.67. The third-order valence-electron chi connectivity index (χ3n) is 5.28. The molecule has 2 aromatic heterocycles. The molecule has 3 heterocycles. The summed E-state index contributed by atoms with van der Waals surface area (Å²) in [5.74, 6) is 0.900.